The Morgan fingerprint density at radius 3 is 2.64 bits per heavy atom. The number of anilines is 1. The fraction of sp³-hybridized carbons (Fsp3) is 0.0588. The number of aromatic nitrogens is 1. The van der Waals surface area contributed by atoms with E-state index in [2.05, 4.69) is 10.3 Å². The van der Waals surface area contributed by atoms with Crippen LogP contribution in [0.25, 0.3) is 11.3 Å². The summed E-state index contributed by atoms with van der Waals surface area (Å²) in [5, 5.41) is 15.8. The highest BCUT2D eigenvalue weighted by Crippen LogP contribution is 2.27. The van der Waals surface area contributed by atoms with Crippen molar-refractivity contribution in [1.82, 2.24) is 4.98 Å². The summed E-state index contributed by atoms with van der Waals surface area (Å²) in [5.74, 6) is -0.482. The number of nitro benzene ring substituents is 1. The molecule has 0 fully saturated rings. The van der Waals surface area contributed by atoms with E-state index in [-0.39, 0.29) is 16.3 Å². The Bertz CT molecular complexity index is 954. The lowest BCUT2D eigenvalue weighted by molar-refractivity contribution is -0.384. The van der Waals surface area contributed by atoms with Gasteiger partial charge in [0.1, 0.15) is 5.02 Å². The summed E-state index contributed by atoms with van der Waals surface area (Å²) in [6, 6.07) is 11.8. The van der Waals surface area contributed by atoms with E-state index in [0.717, 1.165) is 22.9 Å². The van der Waals surface area contributed by atoms with Crippen molar-refractivity contribution in [3.63, 3.8) is 0 Å². The molecule has 1 heterocycles. The number of nitrogens with one attached hydrogen (secondary N) is 1. The molecular weight excluding hydrogens is 362 g/mol. The summed E-state index contributed by atoms with van der Waals surface area (Å²) >= 11 is 7.04. The van der Waals surface area contributed by atoms with Crippen molar-refractivity contribution in [1.29, 1.82) is 0 Å². The Morgan fingerprint density at radius 2 is 1.96 bits per heavy atom. The Balaban J connectivity index is 1.79. The highest BCUT2D eigenvalue weighted by molar-refractivity contribution is 7.14. The summed E-state index contributed by atoms with van der Waals surface area (Å²) in [6.07, 6.45) is 0. The topological polar surface area (TPSA) is 85.1 Å². The molecule has 0 atom stereocenters. The van der Waals surface area contributed by atoms with Gasteiger partial charge in [0, 0.05) is 22.6 Å². The smallest absolute Gasteiger partial charge is 0.288 e. The monoisotopic (exact) mass is 373 g/mol. The Labute approximate surface area is 152 Å². The Hall–Kier alpha value is -2.77. The van der Waals surface area contributed by atoms with Gasteiger partial charge in [0.25, 0.3) is 11.6 Å². The van der Waals surface area contributed by atoms with E-state index in [1.54, 1.807) is 0 Å². The molecule has 1 aromatic heterocycles. The van der Waals surface area contributed by atoms with Gasteiger partial charge in [0.05, 0.1) is 10.6 Å². The second-order valence-electron chi connectivity index (χ2n) is 5.28. The van der Waals surface area contributed by atoms with Gasteiger partial charge in [-0.1, -0.05) is 41.4 Å². The van der Waals surface area contributed by atoms with Crippen LogP contribution in [0.2, 0.25) is 5.02 Å². The maximum atomic E-state index is 12.3. The maximum absolute atomic E-state index is 12.3. The molecule has 0 aliphatic rings. The molecule has 0 radical (unpaired) electrons. The first-order chi connectivity index (χ1) is 11.9. The normalized spacial score (nSPS) is 10.5. The molecule has 0 saturated carbocycles. The van der Waals surface area contributed by atoms with Gasteiger partial charge >= 0.3 is 0 Å². The number of rotatable bonds is 4. The molecule has 6 nitrogen and oxygen atoms in total. The number of carbonyl (C=O) groups excluding carboxylic acids is 1. The third kappa shape index (κ3) is 3.84. The van der Waals surface area contributed by atoms with Gasteiger partial charge < -0.3 is 0 Å². The van der Waals surface area contributed by atoms with Gasteiger partial charge in [-0.05, 0) is 19.1 Å². The van der Waals surface area contributed by atoms with Crippen LogP contribution in [-0.4, -0.2) is 15.8 Å². The zero-order valence-corrected chi connectivity index (χ0v) is 14.6. The highest BCUT2D eigenvalue weighted by atomic mass is 35.5. The second-order valence-corrected chi connectivity index (χ2v) is 6.55. The number of aryl methyl sites for hydroxylation is 1. The minimum atomic E-state index is -0.627. The zero-order valence-electron chi connectivity index (χ0n) is 13.0. The first-order valence-corrected chi connectivity index (χ1v) is 8.47. The Morgan fingerprint density at radius 1 is 1.24 bits per heavy atom. The van der Waals surface area contributed by atoms with Crippen LogP contribution in [0.4, 0.5) is 10.8 Å². The molecule has 126 valence electrons. The number of nitro groups is 1. The highest BCUT2D eigenvalue weighted by Gasteiger charge is 2.17. The quantitative estimate of drug-likeness (QED) is 0.518. The molecule has 0 aliphatic carbocycles. The predicted molar refractivity (Wildman–Crippen MR) is 98.3 cm³/mol. The number of thiazole rings is 1. The minimum Gasteiger partial charge on any atom is -0.298 e. The molecule has 1 amide bonds. The molecular formula is C17H12ClN3O3S. The molecule has 25 heavy (non-hydrogen) atoms. The van der Waals surface area contributed by atoms with Crippen molar-refractivity contribution in [2.45, 2.75) is 6.92 Å². The zero-order chi connectivity index (χ0) is 18.0. The lowest BCUT2D eigenvalue weighted by Gasteiger charge is -2.03. The van der Waals surface area contributed by atoms with E-state index in [1.165, 1.54) is 23.5 Å². The maximum Gasteiger partial charge on any atom is 0.288 e. The van der Waals surface area contributed by atoms with Crippen molar-refractivity contribution in [2.75, 3.05) is 5.32 Å². The van der Waals surface area contributed by atoms with Crippen LogP contribution in [0.1, 0.15) is 15.9 Å². The van der Waals surface area contributed by atoms with Crippen molar-refractivity contribution >= 4 is 39.7 Å². The predicted octanol–water partition coefficient (Wildman–Crippen LogP) is 4.93. The van der Waals surface area contributed by atoms with Gasteiger partial charge in [-0.15, -0.1) is 11.3 Å². The summed E-state index contributed by atoms with van der Waals surface area (Å²) in [4.78, 5) is 26.9. The van der Waals surface area contributed by atoms with Crippen molar-refractivity contribution in [3.05, 3.63) is 74.1 Å². The van der Waals surface area contributed by atoms with E-state index in [1.807, 2.05) is 36.6 Å². The number of amides is 1. The number of hydrogen-bond acceptors (Lipinski definition) is 5. The van der Waals surface area contributed by atoms with Crippen LogP contribution in [0.15, 0.2) is 47.8 Å². The van der Waals surface area contributed by atoms with Gasteiger partial charge in [-0.2, -0.15) is 0 Å². The standard InChI is InChI=1S/C17H12ClN3O3S/c1-10-2-4-11(5-3-10)14-9-25-17(19-14)20-16(22)12-6-7-13(18)15(8-12)21(23)24/h2-9H,1H3,(H,19,20,22). The van der Waals surface area contributed by atoms with Crippen molar-refractivity contribution in [3.8, 4) is 11.3 Å². The minimum absolute atomic E-state index is 0.0162. The van der Waals surface area contributed by atoms with E-state index >= 15 is 0 Å². The average Bonchev–Trinajstić information content (AvgIpc) is 3.04. The third-order valence-corrected chi connectivity index (χ3v) is 4.55. The summed E-state index contributed by atoms with van der Waals surface area (Å²) in [6.45, 7) is 2.00. The average molecular weight is 374 g/mol. The number of nitrogens with zero attached hydrogens (tertiary/aromatic N) is 2. The molecule has 3 aromatic rings. The first-order valence-electron chi connectivity index (χ1n) is 7.22. The lowest BCUT2D eigenvalue weighted by atomic mass is 10.1. The van der Waals surface area contributed by atoms with Gasteiger partial charge in [0.15, 0.2) is 5.13 Å². The van der Waals surface area contributed by atoms with Crippen LogP contribution in [0.3, 0.4) is 0 Å². The van der Waals surface area contributed by atoms with Gasteiger partial charge in [-0.25, -0.2) is 4.98 Å². The molecule has 0 saturated heterocycles. The molecule has 0 unspecified atom stereocenters. The van der Waals surface area contributed by atoms with Crippen molar-refractivity contribution < 1.29 is 9.72 Å². The van der Waals surface area contributed by atoms with Gasteiger partial charge in [-0.3, -0.25) is 20.2 Å². The van der Waals surface area contributed by atoms with Crippen LogP contribution >= 0.6 is 22.9 Å². The second kappa shape index (κ2) is 7.00. The summed E-state index contributed by atoms with van der Waals surface area (Å²) in [7, 11) is 0. The molecule has 0 aliphatic heterocycles. The SMILES string of the molecule is Cc1ccc(-c2csc(NC(=O)c3ccc(Cl)c([N+](=O)[O-])c3)n2)cc1. The van der Waals surface area contributed by atoms with Crippen LogP contribution in [0, 0.1) is 17.0 Å². The van der Waals surface area contributed by atoms with E-state index in [9.17, 15) is 14.9 Å². The molecule has 8 heteroatoms. The van der Waals surface area contributed by atoms with E-state index < -0.39 is 10.8 Å². The first kappa shape index (κ1) is 17.1. The third-order valence-electron chi connectivity index (χ3n) is 3.48. The molecule has 2 aromatic carbocycles. The van der Waals surface area contributed by atoms with Crippen LogP contribution in [0.5, 0.6) is 0 Å². The fourth-order valence-electron chi connectivity index (χ4n) is 2.15. The largest absolute Gasteiger partial charge is 0.298 e. The number of carbonyl (C=O) groups is 1. The van der Waals surface area contributed by atoms with Crippen LogP contribution in [-0.2, 0) is 0 Å². The van der Waals surface area contributed by atoms with Crippen molar-refractivity contribution in [2.24, 2.45) is 0 Å². The lowest BCUT2D eigenvalue weighted by Crippen LogP contribution is -2.12. The van der Waals surface area contributed by atoms with Crippen LogP contribution < -0.4 is 5.32 Å². The molecule has 0 spiro atoms. The van der Waals surface area contributed by atoms with Gasteiger partial charge in [0.2, 0.25) is 0 Å². The molecule has 0 bridgehead atoms. The number of hydrogen-bond donors (Lipinski definition) is 1. The number of benzene rings is 2. The fourth-order valence-corrected chi connectivity index (χ4v) is 3.05. The molecule has 1 N–H and O–H groups in total. The molecule has 3 rings (SSSR count). The van der Waals surface area contributed by atoms with E-state index in [0.29, 0.717) is 5.13 Å². The Kier molecular flexibility index (Phi) is 4.78. The van der Waals surface area contributed by atoms with E-state index in [4.69, 9.17) is 11.6 Å². The summed E-state index contributed by atoms with van der Waals surface area (Å²) < 4.78 is 0. The number of halogens is 1. The summed E-state index contributed by atoms with van der Waals surface area (Å²) in [5.41, 5.74) is 2.68.